The summed E-state index contributed by atoms with van der Waals surface area (Å²) in [6, 6.07) is 0. The van der Waals surface area contributed by atoms with Crippen LogP contribution in [0.25, 0.3) is 0 Å². The van der Waals surface area contributed by atoms with E-state index in [0.717, 1.165) is 19.6 Å². The lowest BCUT2D eigenvalue weighted by molar-refractivity contribution is 0.0677. The zero-order valence-electron chi connectivity index (χ0n) is 12.6. The maximum atomic E-state index is 9.79. The fourth-order valence-electron chi connectivity index (χ4n) is 3.15. The minimum atomic E-state index is 0.184. The van der Waals surface area contributed by atoms with Crippen molar-refractivity contribution in [2.24, 2.45) is 5.41 Å². The summed E-state index contributed by atoms with van der Waals surface area (Å²) in [6.07, 6.45) is 8.93. The van der Waals surface area contributed by atoms with Gasteiger partial charge in [0.15, 0.2) is 0 Å². The van der Waals surface area contributed by atoms with E-state index < -0.39 is 0 Å². The largest absolute Gasteiger partial charge is 0.396 e. The summed E-state index contributed by atoms with van der Waals surface area (Å²) >= 11 is 0. The van der Waals surface area contributed by atoms with E-state index in [1.807, 2.05) is 0 Å². The fourth-order valence-corrected chi connectivity index (χ4v) is 3.15. The molecule has 0 aromatic heterocycles. The van der Waals surface area contributed by atoms with E-state index in [2.05, 4.69) is 30.9 Å². The van der Waals surface area contributed by atoms with Gasteiger partial charge < -0.3 is 14.9 Å². The molecule has 0 radical (unpaired) electrons. The van der Waals surface area contributed by atoms with Gasteiger partial charge in [-0.2, -0.15) is 0 Å². The van der Waals surface area contributed by atoms with Gasteiger partial charge in [-0.15, -0.1) is 0 Å². The number of hydrogen-bond donors (Lipinski definition) is 1. The van der Waals surface area contributed by atoms with Crippen molar-refractivity contribution in [3.63, 3.8) is 0 Å². The molecule has 1 aliphatic carbocycles. The molecule has 0 saturated heterocycles. The monoisotopic (exact) mass is 256 g/mol. The molecule has 0 aromatic carbocycles. The summed E-state index contributed by atoms with van der Waals surface area (Å²) in [7, 11) is 6.46. The molecule has 0 bridgehead atoms. The SMILES string of the molecule is CN(C)CCCN(C)CC1(CO)CCCCCC1. The second-order valence-electron chi connectivity index (χ2n) is 6.47. The van der Waals surface area contributed by atoms with E-state index >= 15 is 0 Å². The molecule has 1 N–H and O–H groups in total. The Morgan fingerprint density at radius 3 is 2.06 bits per heavy atom. The molecule has 18 heavy (non-hydrogen) atoms. The normalized spacial score (nSPS) is 20.3. The van der Waals surface area contributed by atoms with Crippen LogP contribution in [0.15, 0.2) is 0 Å². The van der Waals surface area contributed by atoms with Crippen molar-refractivity contribution in [1.29, 1.82) is 0 Å². The van der Waals surface area contributed by atoms with Gasteiger partial charge in [0.25, 0.3) is 0 Å². The maximum absolute atomic E-state index is 9.79. The zero-order chi connectivity index (χ0) is 13.4. The van der Waals surface area contributed by atoms with Crippen molar-refractivity contribution in [3.05, 3.63) is 0 Å². The van der Waals surface area contributed by atoms with Gasteiger partial charge in [0, 0.05) is 18.6 Å². The second kappa shape index (κ2) is 8.13. The topological polar surface area (TPSA) is 26.7 Å². The summed E-state index contributed by atoms with van der Waals surface area (Å²) in [5.74, 6) is 0. The Hall–Kier alpha value is -0.120. The molecular weight excluding hydrogens is 224 g/mol. The van der Waals surface area contributed by atoms with Crippen molar-refractivity contribution in [3.8, 4) is 0 Å². The Kier molecular flexibility index (Phi) is 7.20. The molecule has 0 atom stereocenters. The molecule has 1 aliphatic rings. The first kappa shape index (κ1) is 15.9. The molecule has 3 nitrogen and oxygen atoms in total. The third kappa shape index (κ3) is 5.68. The Morgan fingerprint density at radius 2 is 1.56 bits per heavy atom. The molecule has 0 heterocycles. The summed E-state index contributed by atoms with van der Waals surface area (Å²) in [6.45, 7) is 3.72. The highest BCUT2D eigenvalue weighted by molar-refractivity contribution is 4.83. The Balaban J connectivity index is 2.35. The minimum absolute atomic E-state index is 0.184. The van der Waals surface area contributed by atoms with Crippen molar-refractivity contribution < 1.29 is 5.11 Å². The smallest absolute Gasteiger partial charge is 0.0499 e. The van der Waals surface area contributed by atoms with Crippen LogP contribution in [0.3, 0.4) is 0 Å². The van der Waals surface area contributed by atoms with Crippen molar-refractivity contribution >= 4 is 0 Å². The lowest BCUT2D eigenvalue weighted by Crippen LogP contribution is -2.39. The highest BCUT2D eigenvalue weighted by Crippen LogP contribution is 2.35. The van der Waals surface area contributed by atoms with Crippen LogP contribution in [0.2, 0.25) is 0 Å². The third-order valence-corrected chi connectivity index (χ3v) is 4.25. The van der Waals surface area contributed by atoms with Gasteiger partial charge in [0.2, 0.25) is 0 Å². The van der Waals surface area contributed by atoms with Crippen LogP contribution in [0.5, 0.6) is 0 Å². The van der Waals surface area contributed by atoms with Crippen LogP contribution in [-0.4, -0.2) is 62.3 Å². The van der Waals surface area contributed by atoms with Crippen LogP contribution >= 0.6 is 0 Å². The fraction of sp³-hybridized carbons (Fsp3) is 1.00. The summed E-state index contributed by atoms with van der Waals surface area (Å²) in [5.41, 5.74) is 0.184. The van der Waals surface area contributed by atoms with E-state index in [9.17, 15) is 5.11 Å². The van der Waals surface area contributed by atoms with Gasteiger partial charge in [-0.1, -0.05) is 25.7 Å². The van der Waals surface area contributed by atoms with Crippen LogP contribution in [0.1, 0.15) is 44.9 Å². The molecule has 1 fully saturated rings. The minimum Gasteiger partial charge on any atom is -0.396 e. The van der Waals surface area contributed by atoms with E-state index in [4.69, 9.17) is 0 Å². The molecular formula is C15H32N2O. The van der Waals surface area contributed by atoms with Crippen LogP contribution in [-0.2, 0) is 0 Å². The summed E-state index contributed by atoms with van der Waals surface area (Å²) < 4.78 is 0. The molecule has 1 saturated carbocycles. The van der Waals surface area contributed by atoms with Crippen molar-refractivity contribution in [1.82, 2.24) is 9.80 Å². The maximum Gasteiger partial charge on any atom is 0.0499 e. The Bertz CT molecular complexity index is 211. The molecule has 0 spiro atoms. The van der Waals surface area contributed by atoms with Gasteiger partial charge in [0.05, 0.1) is 0 Å². The molecule has 0 aliphatic heterocycles. The van der Waals surface area contributed by atoms with Crippen LogP contribution in [0.4, 0.5) is 0 Å². The van der Waals surface area contributed by atoms with Crippen LogP contribution < -0.4 is 0 Å². The lowest BCUT2D eigenvalue weighted by atomic mass is 9.80. The molecule has 0 amide bonds. The molecule has 108 valence electrons. The first-order valence-corrected chi connectivity index (χ1v) is 7.52. The highest BCUT2D eigenvalue weighted by Gasteiger charge is 2.31. The third-order valence-electron chi connectivity index (χ3n) is 4.25. The highest BCUT2D eigenvalue weighted by atomic mass is 16.3. The first-order valence-electron chi connectivity index (χ1n) is 7.52. The number of rotatable bonds is 7. The molecule has 1 rings (SSSR count). The first-order chi connectivity index (χ1) is 8.58. The predicted octanol–water partition coefficient (Wildman–Crippen LogP) is 2.20. The van der Waals surface area contributed by atoms with Crippen molar-refractivity contribution in [2.75, 3.05) is 47.4 Å². The number of hydrogen-bond acceptors (Lipinski definition) is 3. The summed E-state index contributed by atoms with van der Waals surface area (Å²) in [4.78, 5) is 4.66. The summed E-state index contributed by atoms with van der Waals surface area (Å²) in [5, 5.41) is 9.79. The van der Waals surface area contributed by atoms with E-state index in [-0.39, 0.29) is 5.41 Å². The number of nitrogens with zero attached hydrogens (tertiary/aromatic N) is 2. The average Bonchev–Trinajstić information content (AvgIpc) is 2.55. The molecule has 3 heteroatoms. The van der Waals surface area contributed by atoms with Gasteiger partial charge in [0.1, 0.15) is 0 Å². The van der Waals surface area contributed by atoms with E-state index in [0.29, 0.717) is 6.61 Å². The average molecular weight is 256 g/mol. The number of aliphatic hydroxyl groups excluding tert-OH is 1. The lowest BCUT2D eigenvalue weighted by Gasteiger charge is -2.35. The predicted molar refractivity (Wildman–Crippen MR) is 77.9 cm³/mol. The van der Waals surface area contributed by atoms with Gasteiger partial charge >= 0.3 is 0 Å². The van der Waals surface area contributed by atoms with E-state index in [1.165, 1.54) is 44.9 Å². The Labute approximate surface area is 113 Å². The van der Waals surface area contributed by atoms with Crippen molar-refractivity contribution in [2.45, 2.75) is 44.9 Å². The second-order valence-corrected chi connectivity index (χ2v) is 6.47. The van der Waals surface area contributed by atoms with Gasteiger partial charge in [-0.3, -0.25) is 0 Å². The standard InChI is InChI=1S/C15H32N2O/c1-16(2)11-8-12-17(3)13-15(14-18)9-6-4-5-7-10-15/h18H,4-14H2,1-3H3. The molecule has 0 unspecified atom stereocenters. The van der Waals surface area contributed by atoms with Gasteiger partial charge in [-0.05, 0) is 53.5 Å². The molecule has 0 aromatic rings. The zero-order valence-corrected chi connectivity index (χ0v) is 12.6. The Morgan fingerprint density at radius 1 is 0.944 bits per heavy atom. The van der Waals surface area contributed by atoms with Crippen LogP contribution in [0, 0.1) is 5.41 Å². The van der Waals surface area contributed by atoms with E-state index in [1.54, 1.807) is 0 Å². The number of aliphatic hydroxyl groups is 1. The van der Waals surface area contributed by atoms with Gasteiger partial charge in [-0.25, -0.2) is 0 Å². The quantitative estimate of drug-likeness (QED) is 0.708.